The van der Waals surface area contributed by atoms with Crippen LogP contribution in [0.1, 0.15) is 12.8 Å². The molecule has 0 spiro atoms. The van der Waals surface area contributed by atoms with Gasteiger partial charge < -0.3 is 14.2 Å². The number of methoxy groups -OCH3 is 1. The van der Waals surface area contributed by atoms with Crippen LogP contribution in [0.2, 0.25) is 0 Å². The third-order valence-corrected chi connectivity index (χ3v) is 3.53. The topological polar surface area (TPSA) is 60.0 Å². The quantitative estimate of drug-likeness (QED) is 0.784. The second-order valence-corrected chi connectivity index (χ2v) is 5.15. The summed E-state index contributed by atoms with van der Waals surface area (Å²) in [6.45, 7) is 5.58. The van der Waals surface area contributed by atoms with Crippen molar-refractivity contribution in [3.05, 3.63) is 24.3 Å². The predicted molar refractivity (Wildman–Crippen MR) is 84.5 cm³/mol. The fraction of sp³-hybridized carbons (Fsp3) is 0.562. The molecule has 22 heavy (non-hydrogen) atoms. The highest BCUT2D eigenvalue weighted by atomic mass is 16.5. The fourth-order valence-electron chi connectivity index (χ4n) is 2.26. The van der Waals surface area contributed by atoms with Crippen LogP contribution < -0.4 is 10.1 Å². The van der Waals surface area contributed by atoms with Crippen LogP contribution in [0, 0.1) is 0 Å². The number of benzene rings is 1. The Morgan fingerprint density at radius 3 is 2.64 bits per heavy atom. The van der Waals surface area contributed by atoms with Crippen molar-refractivity contribution in [1.82, 2.24) is 4.90 Å². The van der Waals surface area contributed by atoms with Gasteiger partial charge in [-0.05, 0) is 43.7 Å². The highest BCUT2D eigenvalue weighted by Crippen LogP contribution is 2.16. The maximum absolute atomic E-state index is 11.1. The van der Waals surface area contributed by atoms with E-state index in [9.17, 15) is 4.79 Å². The summed E-state index contributed by atoms with van der Waals surface area (Å²) in [5, 5.41) is 2.60. The van der Waals surface area contributed by atoms with E-state index in [-0.39, 0.29) is 0 Å². The maximum Gasteiger partial charge on any atom is 0.411 e. The van der Waals surface area contributed by atoms with Crippen molar-refractivity contribution in [2.75, 3.05) is 51.9 Å². The smallest absolute Gasteiger partial charge is 0.411 e. The van der Waals surface area contributed by atoms with Gasteiger partial charge in [0.2, 0.25) is 0 Å². The molecule has 2 rings (SSSR count). The summed E-state index contributed by atoms with van der Waals surface area (Å²) in [7, 11) is 1.34. The largest absolute Gasteiger partial charge is 0.494 e. The molecule has 0 unspecified atom stereocenters. The summed E-state index contributed by atoms with van der Waals surface area (Å²) in [5.74, 6) is 0.807. The zero-order valence-electron chi connectivity index (χ0n) is 13.0. The van der Waals surface area contributed by atoms with E-state index in [2.05, 4.69) is 15.0 Å². The van der Waals surface area contributed by atoms with Gasteiger partial charge in [0.1, 0.15) is 5.75 Å². The first kappa shape index (κ1) is 16.6. The number of nitrogens with one attached hydrogen (secondary N) is 1. The van der Waals surface area contributed by atoms with E-state index >= 15 is 0 Å². The molecule has 1 saturated heterocycles. The van der Waals surface area contributed by atoms with E-state index in [0.717, 1.165) is 51.4 Å². The van der Waals surface area contributed by atoms with Crippen molar-refractivity contribution >= 4 is 11.8 Å². The molecular weight excluding hydrogens is 284 g/mol. The van der Waals surface area contributed by atoms with Crippen molar-refractivity contribution in [1.29, 1.82) is 0 Å². The van der Waals surface area contributed by atoms with Crippen LogP contribution in [0.3, 0.4) is 0 Å². The van der Waals surface area contributed by atoms with Gasteiger partial charge in [0.25, 0.3) is 0 Å². The van der Waals surface area contributed by atoms with Crippen molar-refractivity contribution in [3.63, 3.8) is 0 Å². The van der Waals surface area contributed by atoms with Crippen molar-refractivity contribution < 1.29 is 19.0 Å². The Labute approximate surface area is 131 Å². The lowest BCUT2D eigenvalue weighted by Gasteiger charge is -2.26. The lowest BCUT2D eigenvalue weighted by molar-refractivity contribution is 0.0368. The predicted octanol–water partition coefficient (Wildman–Crippen LogP) is 2.36. The molecule has 1 aromatic carbocycles. The van der Waals surface area contributed by atoms with Gasteiger partial charge in [-0.3, -0.25) is 10.2 Å². The van der Waals surface area contributed by atoms with Crippen LogP contribution >= 0.6 is 0 Å². The summed E-state index contributed by atoms with van der Waals surface area (Å²) in [4.78, 5) is 13.5. The number of hydrogen-bond donors (Lipinski definition) is 1. The first-order valence-electron chi connectivity index (χ1n) is 7.66. The normalized spacial score (nSPS) is 15.3. The van der Waals surface area contributed by atoms with Gasteiger partial charge >= 0.3 is 6.09 Å². The zero-order chi connectivity index (χ0) is 15.6. The third kappa shape index (κ3) is 5.91. The van der Waals surface area contributed by atoms with E-state index in [1.807, 2.05) is 12.1 Å². The maximum atomic E-state index is 11.1. The number of morpholine rings is 1. The van der Waals surface area contributed by atoms with E-state index in [1.54, 1.807) is 12.1 Å². The Hall–Kier alpha value is -1.79. The van der Waals surface area contributed by atoms with Crippen LogP contribution in [0.5, 0.6) is 5.75 Å². The van der Waals surface area contributed by atoms with Gasteiger partial charge in [-0.1, -0.05) is 0 Å². The zero-order valence-corrected chi connectivity index (χ0v) is 13.0. The van der Waals surface area contributed by atoms with Gasteiger partial charge in [-0.2, -0.15) is 0 Å². The van der Waals surface area contributed by atoms with Gasteiger partial charge in [0, 0.05) is 18.8 Å². The standard InChI is InChI=1S/C16H24N2O4/c1-20-16(19)17-14-4-6-15(7-5-14)22-11-3-2-8-18-9-12-21-13-10-18/h4-7H,2-3,8-13H2,1H3,(H,17,19). The van der Waals surface area contributed by atoms with Crippen LogP contribution in [0.15, 0.2) is 24.3 Å². The molecule has 1 amide bonds. The lowest BCUT2D eigenvalue weighted by Crippen LogP contribution is -2.36. The molecule has 6 heteroatoms. The van der Waals surface area contributed by atoms with Crippen LogP contribution in [-0.4, -0.2) is 57.6 Å². The number of ether oxygens (including phenoxy) is 3. The molecule has 1 N–H and O–H groups in total. The number of carbonyl (C=O) groups is 1. The Morgan fingerprint density at radius 2 is 1.95 bits per heavy atom. The van der Waals surface area contributed by atoms with E-state index in [0.29, 0.717) is 12.3 Å². The number of anilines is 1. The van der Waals surface area contributed by atoms with Gasteiger partial charge in [0.05, 0.1) is 26.9 Å². The summed E-state index contributed by atoms with van der Waals surface area (Å²) in [6, 6.07) is 7.26. The van der Waals surface area contributed by atoms with Crippen LogP contribution in [0.4, 0.5) is 10.5 Å². The van der Waals surface area contributed by atoms with Gasteiger partial charge in [-0.25, -0.2) is 4.79 Å². The Kier molecular flexibility index (Phi) is 6.99. The molecule has 0 saturated carbocycles. The minimum atomic E-state index is -0.475. The number of amides is 1. The molecular formula is C16H24N2O4. The Bertz CT molecular complexity index is 444. The van der Waals surface area contributed by atoms with Crippen LogP contribution in [0.25, 0.3) is 0 Å². The Balaban J connectivity index is 1.59. The minimum Gasteiger partial charge on any atom is -0.494 e. The molecule has 1 fully saturated rings. The molecule has 0 bridgehead atoms. The van der Waals surface area contributed by atoms with E-state index in [1.165, 1.54) is 7.11 Å². The number of unbranched alkanes of at least 4 members (excludes halogenated alkanes) is 1. The highest BCUT2D eigenvalue weighted by molar-refractivity contribution is 5.84. The summed E-state index contributed by atoms with van der Waals surface area (Å²) in [5.41, 5.74) is 0.687. The SMILES string of the molecule is COC(=O)Nc1ccc(OCCCCN2CCOCC2)cc1. The fourth-order valence-corrected chi connectivity index (χ4v) is 2.26. The summed E-state index contributed by atoms with van der Waals surface area (Å²) in [6.07, 6.45) is 1.68. The average Bonchev–Trinajstić information content (AvgIpc) is 2.57. The first-order valence-corrected chi connectivity index (χ1v) is 7.66. The molecule has 0 aromatic heterocycles. The van der Waals surface area contributed by atoms with E-state index < -0.39 is 6.09 Å². The number of rotatable bonds is 7. The average molecular weight is 308 g/mol. The lowest BCUT2D eigenvalue weighted by atomic mass is 10.3. The summed E-state index contributed by atoms with van der Waals surface area (Å²) < 4.78 is 15.6. The van der Waals surface area contributed by atoms with Gasteiger partial charge in [0.15, 0.2) is 0 Å². The minimum absolute atomic E-state index is 0.475. The van der Waals surface area contributed by atoms with E-state index in [4.69, 9.17) is 9.47 Å². The third-order valence-electron chi connectivity index (χ3n) is 3.53. The second-order valence-electron chi connectivity index (χ2n) is 5.15. The monoisotopic (exact) mass is 308 g/mol. The molecule has 1 aliphatic heterocycles. The van der Waals surface area contributed by atoms with Crippen LogP contribution in [-0.2, 0) is 9.47 Å². The molecule has 0 atom stereocenters. The highest BCUT2D eigenvalue weighted by Gasteiger charge is 2.09. The Morgan fingerprint density at radius 1 is 1.23 bits per heavy atom. The van der Waals surface area contributed by atoms with Crippen molar-refractivity contribution in [3.8, 4) is 5.75 Å². The molecule has 122 valence electrons. The summed E-state index contributed by atoms with van der Waals surface area (Å²) >= 11 is 0. The molecule has 6 nitrogen and oxygen atoms in total. The van der Waals surface area contributed by atoms with Gasteiger partial charge in [-0.15, -0.1) is 0 Å². The van der Waals surface area contributed by atoms with Crippen molar-refractivity contribution in [2.45, 2.75) is 12.8 Å². The molecule has 0 aliphatic carbocycles. The number of nitrogens with zero attached hydrogens (tertiary/aromatic N) is 1. The molecule has 1 aliphatic rings. The second kappa shape index (κ2) is 9.27. The number of hydrogen-bond acceptors (Lipinski definition) is 5. The molecule has 0 radical (unpaired) electrons. The van der Waals surface area contributed by atoms with Crippen molar-refractivity contribution in [2.24, 2.45) is 0 Å². The molecule has 1 heterocycles. The molecule has 1 aromatic rings. The number of carbonyl (C=O) groups excluding carboxylic acids is 1. The first-order chi connectivity index (χ1) is 10.8.